The normalized spacial score (nSPS) is 14.5. The first kappa shape index (κ1) is 15.7. The van der Waals surface area contributed by atoms with Gasteiger partial charge in [0.15, 0.2) is 0 Å². The van der Waals surface area contributed by atoms with Crippen molar-refractivity contribution in [3.05, 3.63) is 88.7 Å². The Morgan fingerprint density at radius 3 is 2.46 bits per heavy atom. The fourth-order valence-electron chi connectivity index (χ4n) is 4.41. The third-order valence-electron chi connectivity index (χ3n) is 5.53. The van der Waals surface area contributed by atoms with Crippen LogP contribution in [-0.2, 0) is 5.41 Å². The van der Waals surface area contributed by atoms with E-state index in [1.165, 1.54) is 28.1 Å². The summed E-state index contributed by atoms with van der Waals surface area (Å²) in [6, 6.07) is 21.7. The third-order valence-corrected chi connectivity index (χ3v) is 5.90. The first-order chi connectivity index (χ1) is 12.5. The maximum Gasteiger partial charge on any atom is 0.143 e. The van der Waals surface area contributed by atoms with E-state index in [0.29, 0.717) is 5.69 Å². The van der Waals surface area contributed by atoms with Crippen LogP contribution in [0, 0.1) is 5.82 Å². The molecule has 0 N–H and O–H groups in total. The van der Waals surface area contributed by atoms with Crippen LogP contribution in [0.5, 0.6) is 0 Å². The molecule has 1 aliphatic carbocycles. The first-order valence-electron chi connectivity index (χ1n) is 8.70. The zero-order chi connectivity index (χ0) is 18.1. The van der Waals surface area contributed by atoms with E-state index in [2.05, 4.69) is 60.9 Å². The highest BCUT2D eigenvalue weighted by Crippen LogP contribution is 2.53. The van der Waals surface area contributed by atoms with E-state index in [1.54, 1.807) is 6.07 Å². The lowest BCUT2D eigenvalue weighted by Crippen LogP contribution is -2.14. The van der Waals surface area contributed by atoms with Crippen molar-refractivity contribution in [3.8, 4) is 16.9 Å². The Kier molecular flexibility index (Phi) is 3.14. The quantitative estimate of drug-likeness (QED) is 0.354. The summed E-state index contributed by atoms with van der Waals surface area (Å²) in [5, 5.41) is 1.34. The highest BCUT2D eigenvalue weighted by molar-refractivity contribution is 6.32. The second-order valence-electron chi connectivity index (χ2n) is 7.32. The van der Waals surface area contributed by atoms with E-state index in [0.717, 1.165) is 11.2 Å². The van der Waals surface area contributed by atoms with Crippen LogP contribution in [0.15, 0.2) is 66.7 Å². The molecular weight excluding hydrogens is 345 g/mol. The summed E-state index contributed by atoms with van der Waals surface area (Å²) in [4.78, 5) is 0. The summed E-state index contributed by atoms with van der Waals surface area (Å²) in [5.74, 6) is -0.402. The van der Waals surface area contributed by atoms with Crippen molar-refractivity contribution in [1.29, 1.82) is 0 Å². The average Bonchev–Trinajstić information content (AvgIpc) is 3.10. The highest BCUT2D eigenvalue weighted by atomic mass is 35.5. The summed E-state index contributed by atoms with van der Waals surface area (Å²) >= 11 is 6.39. The maximum absolute atomic E-state index is 14.2. The fourth-order valence-corrected chi connectivity index (χ4v) is 4.62. The molecule has 1 heterocycles. The summed E-state index contributed by atoms with van der Waals surface area (Å²) < 4.78 is 16.3. The molecule has 0 saturated carbocycles. The molecule has 1 aliphatic rings. The van der Waals surface area contributed by atoms with Gasteiger partial charge >= 0.3 is 0 Å². The SMILES string of the molecule is CC1(C)c2ccccc2-c2c1c1ccccc1n2-c1cccc(F)c1Cl. The van der Waals surface area contributed by atoms with Crippen LogP contribution in [-0.4, -0.2) is 4.57 Å². The van der Waals surface area contributed by atoms with E-state index in [4.69, 9.17) is 11.6 Å². The van der Waals surface area contributed by atoms with Crippen molar-refractivity contribution in [2.45, 2.75) is 19.3 Å². The lowest BCUT2D eigenvalue weighted by atomic mass is 9.81. The van der Waals surface area contributed by atoms with Crippen molar-refractivity contribution >= 4 is 22.5 Å². The second kappa shape index (κ2) is 5.21. The van der Waals surface area contributed by atoms with Gasteiger partial charge in [0.05, 0.1) is 16.9 Å². The Balaban J connectivity index is 2.01. The molecule has 0 saturated heterocycles. The van der Waals surface area contributed by atoms with Crippen LogP contribution < -0.4 is 0 Å². The number of benzene rings is 3. The molecule has 5 rings (SSSR count). The van der Waals surface area contributed by atoms with Gasteiger partial charge in [-0.05, 0) is 29.3 Å². The lowest BCUT2D eigenvalue weighted by molar-refractivity contribution is 0.627. The van der Waals surface area contributed by atoms with E-state index < -0.39 is 5.82 Å². The molecule has 0 bridgehead atoms. The largest absolute Gasteiger partial charge is 0.307 e. The molecule has 0 amide bonds. The van der Waals surface area contributed by atoms with Crippen molar-refractivity contribution in [2.24, 2.45) is 0 Å². The minimum absolute atomic E-state index is 0.128. The summed E-state index contributed by atoms with van der Waals surface area (Å²) in [7, 11) is 0. The van der Waals surface area contributed by atoms with Gasteiger partial charge in [0.2, 0.25) is 0 Å². The Hall–Kier alpha value is -2.58. The fraction of sp³-hybridized carbons (Fsp3) is 0.130. The van der Waals surface area contributed by atoms with Gasteiger partial charge in [0.25, 0.3) is 0 Å². The van der Waals surface area contributed by atoms with E-state index >= 15 is 0 Å². The molecular formula is C23H17ClFN. The van der Waals surface area contributed by atoms with Crippen molar-refractivity contribution in [3.63, 3.8) is 0 Å². The number of hydrogen-bond acceptors (Lipinski definition) is 0. The monoisotopic (exact) mass is 361 g/mol. The van der Waals surface area contributed by atoms with E-state index in [9.17, 15) is 4.39 Å². The molecule has 0 radical (unpaired) electrons. The molecule has 0 spiro atoms. The smallest absolute Gasteiger partial charge is 0.143 e. The predicted octanol–water partition coefficient (Wildman–Crippen LogP) is 6.73. The van der Waals surface area contributed by atoms with Crippen LogP contribution in [0.3, 0.4) is 0 Å². The van der Waals surface area contributed by atoms with Crippen molar-refractivity contribution < 1.29 is 4.39 Å². The molecule has 1 nitrogen and oxygen atoms in total. The highest BCUT2D eigenvalue weighted by Gasteiger charge is 2.40. The number of aromatic nitrogens is 1. The van der Waals surface area contributed by atoms with Crippen molar-refractivity contribution in [1.82, 2.24) is 4.57 Å². The molecule has 4 aromatic rings. The summed E-state index contributed by atoms with van der Waals surface area (Å²) in [5.41, 5.74) is 6.45. The average molecular weight is 362 g/mol. The summed E-state index contributed by atoms with van der Waals surface area (Å²) in [6.07, 6.45) is 0. The number of para-hydroxylation sites is 1. The minimum Gasteiger partial charge on any atom is -0.307 e. The van der Waals surface area contributed by atoms with Gasteiger partial charge in [-0.15, -0.1) is 0 Å². The third kappa shape index (κ3) is 1.85. The standard InChI is InChI=1S/C23H17ClFN/c1-23(2)16-10-5-3-8-14(16)22-20(23)15-9-4-6-12-18(15)26(22)19-13-7-11-17(25)21(19)24/h3-13H,1-2H3. The molecule has 0 aliphatic heterocycles. The topological polar surface area (TPSA) is 4.93 Å². The number of hydrogen-bond donors (Lipinski definition) is 0. The van der Waals surface area contributed by atoms with Crippen LogP contribution in [0.4, 0.5) is 4.39 Å². The van der Waals surface area contributed by atoms with Gasteiger partial charge in [0, 0.05) is 16.4 Å². The van der Waals surface area contributed by atoms with Gasteiger partial charge in [0.1, 0.15) is 10.8 Å². The van der Waals surface area contributed by atoms with Crippen molar-refractivity contribution in [2.75, 3.05) is 0 Å². The van der Waals surface area contributed by atoms with Crippen LogP contribution >= 0.6 is 11.6 Å². The number of halogens is 2. The van der Waals surface area contributed by atoms with Gasteiger partial charge in [-0.1, -0.05) is 74.0 Å². The molecule has 3 aromatic carbocycles. The molecule has 1 aromatic heterocycles. The van der Waals surface area contributed by atoms with E-state index in [1.807, 2.05) is 12.1 Å². The van der Waals surface area contributed by atoms with Crippen LogP contribution in [0.2, 0.25) is 5.02 Å². The molecule has 128 valence electrons. The predicted molar refractivity (Wildman–Crippen MR) is 106 cm³/mol. The first-order valence-corrected chi connectivity index (χ1v) is 9.08. The summed E-state index contributed by atoms with van der Waals surface area (Å²) in [6.45, 7) is 4.50. The molecule has 0 fully saturated rings. The zero-order valence-corrected chi connectivity index (χ0v) is 15.3. The maximum atomic E-state index is 14.2. The lowest BCUT2D eigenvalue weighted by Gasteiger charge is -2.21. The molecule has 3 heteroatoms. The Labute approximate surface area is 156 Å². The molecule has 26 heavy (non-hydrogen) atoms. The Bertz CT molecular complexity index is 1190. The molecule has 0 unspecified atom stereocenters. The van der Waals surface area contributed by atoms with Gasteiger partial charge in [-0.3, -0.25) is 0 Å². The Morgan fingerprint density at radius 1 is 0.885 bits per heavy atom. The number of nitrogens with zero attached hydrogens (tertiary/aromatic N) is 1. The van der Waals surface area contributed by atoms with Crippen LogP contribution in [0.25, 0.3) is 27.8 Å². The molecule has 0 atom stereocenters. The van der Waals surface area contributed by atoms with Gasteiger partial charge in [-0.2, -0.15) is 0 Å². The number of rotatable bonds is 1. The van der Waals surface area contributed by atoms with Gasteiger partial charge in [-0.25, -0.2) is 4.39 Å². The second-order valence-corrected chi connectivity index (χ2v) is 7.70. The zero-order valence-electron chi connectivity index (χ0n) is 14.6. The van der Waals surface area contributed by atoms with Gasteiger partial charge < -0.3 is 4.57 Å². The number of fused-ring (bicyclic) bond motifs is 5. The minimum atomic E-state index is -0.402. The van der Waals surface area contributed by atoms with E-state index in [-0.39, 0.29) is 10.4 Å². The Morgan fingerprint density at radius 2 is 1.62 bits per heavy atom. The van der Waals surface area contributed by atoms with Crippen LogP contribution in [0.1, 0.15) is 25.0 Å².